The third-order valence-corrected chi connectivity index (χ3v) is 10.7. The van der Waals surface area contributed by atoms with E-state index in [0.717, 1.165) is 89.9 Å². The van der Waals surface area contributed by atoms with Gasteiger partial charge in [0.25, 0.3) is 0 Å². The summed E-state index contributed by atoms with van der Waals surface area (Å²) < 4.78 is 16.7. The van der Waals surface area contributed by atoms with Crippen LogP contribution in [0.15, 0.2) is 97.2 Å². The highest BCUT2D eigenvalue weighted by molar-refractivity contribution is 5.71. The van der Waals surface area contributed by atoms with E-state index >= 15 is 0 Å². The highest BCUT2D eigenvalue weighted by atomic mass is 16.6. The maximum atomic E-state index is 12.8. The van der Waals surface area contributed by atoms with Crippen molar-refractivity contribution in [3.8, 4) is 0 Å². The minimum atomic E-state index is -0.816. The largest absolute Gasteiger partial charge is 0.462 e. The van der Waals surface area contributed by atoms with Crippen LogP contribution in [0.3, 0.4) is 0 Å². The maximum Gasteiger partial charge on any atom is 0.306 e. The van der Waals surface area contributed by atoms with Crippen molar-refractivity contribution in [2.75, 3.05) is 13.2 Å². The summed E-state index contributed by atoms with van der Waals surface area (Å²) in [7, 11) is 0. The molecule has 0 radical (unpaired) electrons. The molecular formula is C57H94O6. The molecule has 6 nitrogen and oxygen atoms in total. The van der Waals surface area contributed by atoms with Crippen molar-refractivity contribution in [2.45, 2.75) is 232 Å². The van der Waals surface area contributed by atoms with E-state index in [1.807, 2.05) is 30.4 Å². The third kappa shape index (κ3) is 49.2. The van der Waals surface area contributed by atoms with Crippen LogP contribution in [0.2, 0.25) is 0 Å². The second-order valence-electron chi connectivity index (χ2n) is 16.8. The zero-order chi connectivity index (χ0) is 45.8. The number of ether oxygens (including phenoxy) is 3. The molecule has 0 aromatic heterocycles. The van der Waals surface area contributed by atoms with E-state index in [0.29, 0.717) is 12.8 Å². The molecule has 0 N–H and O–H groups in total. The molecule has 0 amide bonds. The molecule has 1 unspecified atom stereocenters. The Morgan fingerprint density at radius 3 is 1.22 bits per heavy atom. The number of carbonyl (C=O) groups is 3. The van der Waals surface area contributed by atoms with Gasteiger partial charge in [0, 0.05) is 19.3 Å². The highest BCUT2D eigenvalue weighted by Gasteiger charge is 2.19. The Labute approximate surface area is 387 Å². The summed E-state index contributed by atoms with van der Waals surface area (Å²) in [5.74, 6) is -1.01. The molecule has 0 aliphatic rings. The van der Waals surface area contributed by atoms with E-state index in [1.165, 1.54) is 89.9 Å². The molecule has 6 heteroatoms. The normalized spacial score (nSPS) is 12.9. The number of carbonyl (C=O) groups excluding carboxylic acids is 3. The van der Waals surface area contributed by atoms with Gasteiger partial charge in [-0.15, -0.1) is 0 Å². The third-order valence-electron chi connectivity index (χ3n) is 10.7. The summed E-state index contributed by atoms with van der Waals surface area (Å²) in [5, 5.41) is 0. The van der Waals surface area contributed by atoms with Crippen LogP contribution in [-0.2, 0) is 28.6 Å². The van der Waals surface area contributed by atoms with Gasteiger partial charge < -0.3 is 14.2 Å². The summed E-state index contributed by atoms with van der Waals surface area (Å²) in [6.07, 6.45) is 66.8. The van der Waals surface area contributed by atoms with Crippen molar-refractivity contribution in [3.63, 3.8) is 0 Å². The predicted octanol–water partition coefficient (Wildman–Crippen LogP) is 17.0. The maximum absolute atomic E-state index is 12.8. The lowest BCUT2D eigenvalue weighted by atomic mass is 10.1. The van der Waals surface area contributed by atoms with Gasteiger partial charge in [0.05, 0.1) is 0 Å². The van der Waals surface area contributed by atoms with E-state index in [9.17, 15) is 14.4 Å². The molecule has 0 fully saturated rings. The number of hydrogen-bond donors (Lipinski definition) is 0. The Kier molecular flexibility index (Phi) is 48.0. The Morgan fingerprint density at radius 1 is 0.349 bits per heavy atom. The van der Waals surface area contributed by atoms with Crippen molar-refractivity contribution in [1.29, 1.82) is 0 Å². The van der Waals surface area contributed by atoms with Crippen LogP contribution in [0.25, 0.3) is 0 Å². The highest BCUT2D eigenvalue weighted by Crippen LogP contribution is 2.13. The van der Waals surface area contributed by atoms with Crippen LogP contribution in [0.5, 0.6) is 0 Å². The van der Waals surface area contributed by atoms with Gasteiger partial charge in [-0.05, 0) is 89.9 Å². The first kappa shape index (κ1) is 59.3. The smallest absolute Gasteiger partial charge is 0.306 e. The van der Waals surface area contributed by atoms with Gasteiger partial charge in [0.1, 0.15) is 13.2 Å². The summed E-state index contributed by atoms with van der Waals surface area (Å²) in [5.41, 5.74) is 0. The predicted molar refractivity (Wildman–Crippen MR) is 270 cm³/mol. The lowest BCUT2D eigenvalue weighted by Gasteiger charge is -2.18. The van der Waals surface area contributed by atoms with Gasteiger partial charge in [-0.1, -0.05) is 214 Å². The van der Waals surface area contributed by atoms with Crippen LogP contribution in [0, 0.1) is 0 Å². The first-order chi connectivity index (χ1) is 31.0. The van der Waals surface area contributed by atoms with E-state index in [1.54, 1.807) is 0 Å². The van der Waals surface area contributed by atoms with Crippen molar-refractivity contribution in [3.05, 3.63) is 97.2 Å². The summed E-state index contributed by atoms with van der Waals surface area (Å²) >= 11 is 0. The molecule has 0 aliphatic carbocycles. The van der Waals surface area contributed by atoms with Gasteiger partial charge in [-0.3, -0.25) is 14.4 Å². The Hall–Kier alpha value is -3.67. The molecular weight excluding hydrogens is 781 g/mol. The summed E-state index contributed by atoms with van der Waals surface area (Å²) in [6, 6.07) is 0. The van der Waals surface area contributed by atoms with Gasteiger partial charge in [-0.2, -0.15) is 0 Å². The molecule has 0 heterocycles. The first-order valence-corrected chi connectivity index (χ1v) is 25.8. The molecule has 0 aliphatic heterocycles. The quantitative estimate of drug-likeness (QED) is 0.0199. The molecule has 0 saturated heterocycles. The fourth-order valence-electron chi connectivity index (χ4n) is 6.77. The van der Waals surface area contributed by atoms with Crippen LogP contribution >= 0.6 is 0 Å². The number of rotatable bonds is 45. The molecule has 0 bridgehead atoms. The SMILES string of the molecule is CC/C=C/C=C/C=C/C=C/CCCCCCCC(=O)OC(COC(=O)CC/C=C/C/C=C/CCCCCCCC)COC(=O)CCCCCCCCC/C=C/C/C=C/CCCCC. The Bertz CT molecular complexity index is 1280. The molecule has 0 rings (SSSR count). The minimum absolute atomic E-state index is 0.110. The zero-order valence-corrected chi connectivity index (χ0v) is 40.8. The molecule has 1 atom stereocenters. The van der Waals surface area contributed by atoms with Crippen LogP contribution in [0.1, 0.15) is 226 Å². The molecule has 0 aromatic rings. The monoisotopic (exact) mass is 875 g/mol. The van der Waals surface area contributed by atoms with Crippen LogP contribution in [-0.4, -0.2) is 37.2 Å². The standard InChI is InChI=1S/C57H94O6/c1-4-7-10-13-16-19-22-25-27-28-30-32-35-38-41-44-47-50-56(59)62-53-54(52-61-55(58)49-46-43-40-37-34-31-24-21-18-15-12-9-6-3)63-57(60)51-48-45-42-39-36-33-29-26-23-20-17-14-11-8-5-2/h8,11,14,16-17,19-20,23,25-27,29,31,34,40,43,54H,4-7,9-10,12-13,15,18,21-22,24,28,30,32-33,35-39,41-42,44-53H2,1-3H3/b11-8+,17-14+,19-16+,23-20+,27-25+,29-26+,34-31+,43-40+. The molecule has 358 valence electrons. The van der Waals surface area contributed by atoms with Gasteiger partial charge in [0.2, 0.25) is 0 Å². The van der Waals surface area contributed by atoms with E-state index in [-0.39, 0.29) is 44.0 Å². The minimum Gasteiger partial charge on any atom is -0.462 e. The van der Waals surface area contributed by atoms with E-state index in [2.05, 4.69) is 87.6 Å². The molecule has 0 spiro atoms. The van der Waals surface area contributed by atoms with Gasteiger partial charge in [0.15, 0.2) is 6.10 Å². The first-order valence-electron chi connectivity index (χ1n) is 25.8. The average Bonchev–Trinajstić information content (AvgIpc) is 3.28. The number of unbranched alkanes of at least 4 members (excludes halogenated alkanes) is 21. The summed E-state index contributed by atoms with van der Waals surface area (Å²) in [6.45, 7) is 6.38. The number of esters is 3. The fourth-order valence-corrected chi connectivity index (χ4v) is 6.77. The van der Waals surface area contributed by atoms with Crippen molar-refractivity contribution >= 4 is 17.9 Å². The van der Waals surface area contributed by atoms with Crippen molar-refractivity contribution < 1.29 is 28.6 Å². The van der Waals surface area contributed by atoms with E-state index < -0.39 is 6.10 Å². The molecule has 0 aromatic carbocycles. The zero-order valence-electron chi connectivity index (χ0n) is 40.8. The average molecular weight is 875 g/mol. The molecule has 0 saturated carbocycles. The topological polar surface area (TPSA) is 78.9 Å². The second-order valence-corrected chi connectivity index (χ2v) is 16.8. The second kappa shape index (κ2) is 51.0. The number of hydrogen-bond acceptors (Lipinski definition) is 6. The number of allylic oxidation sites excluding steroid dienone is 16. The van der Waals surface area contributed by atoms with Gasteiger partial charge >= 0.3 is 17.9 Å². The lowest BCUT2D eigenvalue weighted by molar-refractivity contribution is -0.166. The van der Waals surface area contributed by atoms with Crippen LogP contribution in [0.4, 0.5) is 0 Å². The van der Waals surface area contributed by atoms with E-state index in [4.69, 9.17) is 14.2 Å². The summed E-state index contributed by atoms with van der Waals surface area (Å²) in [4.78, 5) is 37.9. The van der Waals surface area contributed by atoms with Crippen LogP contribution < -0.4 is 0 Å². The van der Waals surface area contributed by atoms with Crippen molar-refractivity contribution in [2.24, 2.45) is 0 Å². The Balaban J connectivity index is 4.50. The fraction of sp³-hybridized carbons (Fsp3) is 0.667. The molecule has 63 heavy (non-hydrogen) atoms. The lowest BCUT2D eigenvalue weighted by Crippen LogP contribution is -2.30. The Morgan fingerprint density at radius 2 is 0.714 bits per heavy atom. The van der Waals surface area contributed by atoms with Gasteiger partial charge in [-0.25, -0.2) is 0 Å². The van der Waals surface area contributed by atoms with Crippen molar-refractivity contribution in [1.82, 2.24) is 0 Å².